The zero-order valence-corrected chi connectivity index (χ0v) is 22.9. The number of Topliss-reactive ketones (excluding diaryl/α,β-unsaturated/α-hetero) is 1. The van der Waals surface area contributed by atoms with E-state index < -0.39 is 41.3 Å². The number of benzene rings is 4. The van der Waals surface area contributed by atoms with Crippen LogP contribution in [0.4, 0.5) is 0 Å². The van der Waals surface area contributed by atoms with E-state index in [1.54, 1.807) is 60.7 Å². The molecule has 0 bridgehead atoms. The van der Waals surface area contributed by atoms with Crippen molar-refractivity contribution in [1.29, 1.82) is 0 Å². The van der Waals surface area contributed by atoms with E-state index in [-0.39, 0.29) is 0 Å². The second-order valence-electron chi connectivity index (χ2n) is 11.1. The molecule has 0 fully saturated rings. The van der Waals surface area contributed by atoms with Crippen molar-refractivity contribution in [3.05, 3.63) is 119 Å². The molecule has 1 N–H and O–H groups in total. The van der Waals surface area contributed by atoms with Crippen LogP contribution in [0.2, 0.25) is 0 Å². The van der Waals surface area contributed by atoms with Crippen LogP contribution in [0.1, 0.15) is 52.1 Å². The topological polar surface area (TPSA) is 89.9 Å². The van der Waals surface area contributed by atoms with Gasteiger partial charge in [0.2, 0.25) is 5.78 Å². The summed E-state index contributed by atoms with van der Waals surface area (Å²) in [6, 6.07) is 27.0. The normalized spacial score (nSPS) is 22.8. The third-order valence-corrected chi connectivity index (χ3v) is 8.77. The Kier molecular flexibility index (Phi) is 6.59. The lowest BCUT2D eigenvalue weighted by atomic mass is 9.60. The Morgan fingerprint density at radius 3 is 2.22 bits per heavy atom. The molecule has 41 heavy (non-hydrogen) atoms. The highest BCUT2D eigenvalue weighted by atomic mass is 16.5. The van der Waals surface area contributed by atoms with Crippen molar-refractivity contribution in [3.8, 4) is 5.75 Å². The van der Waals surface area contributed by atoms with E-state index in [0.29, 0.717) is 29.7 Å². The molecule has 2 aliphatic carbocycles. The third kappa shape index (κ3) is 4.35. The first-order valence-electron chi connectivity index (χ1n) is 13.8. The van der Waals surface area contributed by atoms with Crippen LogP contribution in [-0.4, -0.2) is 35.0 Å². The number of ketones is 1. The number of aryl methyl sites for hydroxylation is 1. The Labute approximate surface area is 238 Å². The van der Waals surface area contributed by atoms with Gasteiger partial charge in [-0.1, -0.05) is 74.5 Å². The summed E-state index contributed by atoms with van der Waals surface area (Å²) in [6.45, 7) is 3.26. The molecule has 0 saturated heterocycles. The molecule has 0 aromatic heterocycles. The van der Waals surface area contributed by atoms with Gasteiger partial charge in [-0.05, 0) is 76.7 Å². The van der Waals surface area contributed by atoms with Gasteiger partial charge in [0, 0.05) is 11.3 Å². The van der Waals surface area contributed by atoms with Crippen LogP contribution in [0.5, 0.6) is 5.75 Å². The average Bonchev–Trinajstić information content (AvgIpc) is 3.22. The van der Waals surface area contributed by atoms with Crippen molar-refractivity contribution in [1.82, 2.24) is 0 Å². The monoisotopic (exact) mass is 546 g/mol. The van der Waals surface area contributed by atoms with Crippen LogP contribution in [0.15, 0.2) is 97.1 Å². The smallest absolute Gasteiger partial charge is 0.343 e. The van der Waals surface area contributed by atoms with E-state index in [1.165, 1.54) is 0 Å². The summed E-state index contributed by atoms with van der Waals surface area (Å²) in [4.78, 5) is 38.5. The van der Waals surface area contributed by atoms with Crippen LogP contribution in [-0.2, 0) is 16.0 Å². The Morgan fingerprint density at radius 2 is 1.54 bits per heavy atom. The number of carbonyl (C=O) groups is 3. The van der Waals surface area contributed by atoms with Crippen LogP contribution >= 0.6 is 0 Å². The summed E-state index contributed by atoms with van der Waals surface area (Å²) in [7, 11) is 0. The summed E-state index contributed by atoms with van der Waals surface area (Å²) in [6.07, 6.45) is 3.18. The number of carbonyl (C=O) groups excluding carboxylic acids is 3. The summed E-state index contributed by atoms with van der Waals surface area (Å²) < 4.78 is 10.9. The fourth-order valence-corrected chi connectivity index (χ4v) is 6.51. The van der Waals surface area contributed by atoms with Gasteiger partial charge in [-0.25, -0.2) is 9.59 Å². The van der Waals surface area contributed by atoms with Crippen molar-refractivity contribution in [2.24, 2.45) is 11.3 Å². The van der Waals surface area contributed by atoms with E-state index in [9.17, 15) is 19.5 Å². The molecule has 4 aromatic carbocycles. The summed E-state index contributed by atoms with van der Waals surface area (Å²) >= 11 is 0. The second kappa shape index (κ2) is 10.1. The first kappa shape index (κ1) is 26.7. The highest BCUT2D eigenvalue weighted by Gasteiger charge is 2.61. The predicted molar refractivity (Wildman–Crippen MR) is 156 cm³/mol. The van der Waals surface area contributed by atoms with Gasteiger partial charge in [0.15, 0.2) is 6.61 Å². The van der Waals surface area contributed by atoms with Crippen LogP contribution in [0.25, 0.3) is 16.3 Å². The highest BCUT2D eigenvalue weighted by Crippen LogP contribution is 2.59. The number of ether oxygens (including phenoxy) is 2. The Hall–Kier alpha value is -4.55. The quantitative estimate of drug-likeness (QED) is 0.229. The minimum atomic E-state index is -1.71. The molecular formula is C35H30O6. The third-order valence-electron chi connectivity index (χ3n) is 8.77. The number of aliphatic hydroxyl groups is 1. The Bertz CT molecular complexity index is 1710. The molecule has 0 spiro atoms. The maximum absolute atomic E-state index is 13.5. The van der Waals surface area contributed by atoms with E-state index in [2.05, 4.69) is 0 Å². The zero-order valence-electron chi connectivity index (χ0n) is 22.9. The van der Waals surface area contributed by atoms with Gasteiger partial charge >= 0.3 is 11.9 Å². The van der Waals surface area contributed by atoms with Gasteiger partial charge < -0.3 is 14.6 Å². The van der Waals surface area contributed by atoms with Crippen molar-refractivity contribution in [3.63, 3.8) is 0 Å². The minimum absolute atomic E-state index is 0.355. The first-order valence-corrected chi connectivity index (χ1v) is 13.8. The highest BCUT2D eigenvalue weighted by molar-refractivity contribution is 6.00. The minimum Gasteiger partial charge on any atom is -0.454 e. The van der Waals surface area contributed by atoms with Crippen molar-refractivity contribution >= 4 is 34.1 Å². The van der Waals surface area contributed by atoms with Crippen LogP contribution < -0.4 is 4.74 Å². The lowest BCUT2D eigenvalue weighted by Gasteiger charge is -2.45. The standard InChI is InChI=1S/C35H30O6/c1-22-19-30-29-15-13-25-20-26(41-33(38)24-11-7-4-8-12-24)14-16-27(25)28(29)17-18-34(30,2)35(22,39)31(36)21-40-32(37)23-9-5-3-6-10-23/h3-16,19-20,22,39H,17-18,21H2,1-2H3/t22-,34+,35+/m1/s1. The molecule has 0 heterocycles. The average molecular weight is 547 g/mol. The second-order valence-corrected chi connectivity index (χ2v) is 11.1. The molecule has 6 nitrogen and oxygen atoms in total. The molecule has 4 aromatic rings. The van der Waals surface area contributed by atoms with Gasteiger partial charge in [0.05, 0.1) is 11.1 Å². The van der Waals surface area contributed by atoms with Gasteiger partial charge in [0.1, 0.15) is 11.4 Å². The van der Waals surface area contributed by atoms with Gasteiger partial charge in [-0.15, -0.1) is 0 Å². The fourth-order valence-electron chi connectivity index (χ4n) is 6.51. The van der Waals surface area contributed by atoms with E-state index >= 15 is 0 Å². The number of hydrogen-bond donors (Lipinski definition) is 1. The molecule has 6 rings (SSSR count). The lowest BCUT2D eigenvalue weighted by molar-refractivity contribution is -0.155. The molecule has 206 valence electrons. The van der Waals surface area contributed by atoms with Crippen molar-refractivity contribution in [2.45, 2.75) is 32.3 Å². The molecule has 0 amide bonds. The lowest BCUT2D eigenvalue weighted by Crippen LogP contribution is -2.56. The number of esters is 2. The first-order chi connectivity index (χ1) is 19.7. The summed E-state index contributed by atoms with van der Waals surface area (Å²) in [5, 5.41) is 14.0. The zero-order chi connectivity index (χ0) is 28.8. The van der Waals surface area contributed by atoms with E-state index in [4.69, 9.17) is 9.47 Å². The molecule has 6 heteroatoms. The molecule has 2 aliphatic rings. The number of hydrogen-bond acceptors (Lipinski definition) is 6. The molecule has 0 unspecified atom stereocenters. The SMILES string of the molecule is C[C@@H]1C=C2c3ccc4cc(OC(=O)c5ccccc5)ccc4c3CC[C@]2(C)[C@@]1(O)C(=O)COC(=O)c1ccccc1. The fraction of sp³-hybridized carbons (Fsp3) is 0.229. The number of fused-ring (bicyclic) bond motifs is 5. The van der Waals surface area contributed by atoms with E-state index in [1.807, 2.05) is 50.3 Å². The van der Waals surface area contributed by atoms with Crippen LogP contribution in [0, 0.1) is 11.3 Å². The van der Waals surface area contributed by atoms with E-state index in [0.717, 1.165) is 27.5 Å². The maximum Gasteiger partial charge on any atom is 0.343 e. The largest absolute Gasteiger partial charge is 0.454 e. The Balaban J connectivity index is 1.25. The van der Waals surface area contributed by atoms with Gasteiger partial charge in [-0.2, -0.15) is 0 Å². The molecule has 0 radical (unpaired) electrons. The number of rotatable bonds is 6. The van der Waals surface area contributed by atoms with Gasteiger partial charge in [0.25, 0.3) is 0 Å². The summed E-state index contributed by atoms with van der Waals surface area (Å²) in [5.74, 6) is -1.52. The van der Waals surface area contributed by atoms with Crippen molar-refractivity contribution < 1.29 is 29.0 Å². The predicted octanol–water partition coefficient (Wildman–Crippen LogP) is 6.20. The molecule has 3 atom stereocenters. The summed E-state index contributed by atoms with van der Waals surface area (Å²) in [5.41, 5.74) is 1.35. The molecular weight excluding hydrogens is 516 g/mol. The molecule has 0 saturated carbocycles. The Morgan fingerprint density at radius 1 is 0.878 bits per heavy atom. The maximum atomic E-state index is 13.5. The van der Waals surface area contributed by atoms with Crippen LogP contribution in [0.3, 0.4) is 0 Å². The van der Waals surface area contributed by atoms with Crippen molar-refractivity contribution in [2.75, 3.05) is 6.61 Å². The molecule has 0 aliphatic heterocycles. The van der Waals surface area contributed by atoms with Gasteiger partial charge in [-0.3, -0.25) is 4.79 Å².